The lowest BCUT2D eigenvalue weighted by molar-refractivity contribution is 0.0970. The van der Waals surface area contributed by atoms with Crippen LogP contribution in [0.25, 0.3) is 11.0 Å². The van der Waals surface area contributed by atoms with Gasteiger partial charge < -0.3 is 9.15 Å². The SMILES string of the molecule is CCCOc1ccc(C2c3c(oc4ccc(F)cc4c3=O)C(=O)N2c2ccc(Cl)cn2)cc1. The van der Waals surface area contributed by atoms with Crippen LogP contribution >= 0.6 is 11.6 Å². The minimum Gasteiger partial charge on any atom is -0.494 e. The lowest BCUT2D eigenvalue weighted by Gasteiger charge is -2.24. The topological polar surface area (TPSA) is 72.6 Å². The smallest absolute Gasteiger partial charge is 0.296 e. The Kier molecular flexibility index (Phi) is 5.34. The molecule has 5 rings (SSSR count). The van der Waals surface area contributed by atoms with Crippen molar-refractivity contribution >= 4 is 34.3 Å². The van der Waals surface area contributed by atoms with E-state index in [0.29, 0.717) is 28.8 Å². The standard InChI is InChI=1S/C25H18ClFN2O4/c1-2-11-32-17-7-3-14(4-8-17)22-21-23(30)18-12-16(27)6-9-19(18)33-24(21)25(31)29(22)20-10-5-15(26)13-28-20/h3-10,12-13,22H,2,11H2,1H3. The van der Waals surface area contributed by atoms with E-state index in [4.69, 9.17) is 20.8 Å². The summed E-state index contributed by atoms with van der Waals surface area (Å²) in [5.74, 6) is -0.188. The fraction of sp³-hybridized carbons (Fsp3) is 0.160. The van der Waals surface area contributed by atoms with E-state index in [1.807, 2.05) is 6.92 Å². The molecule has 0 bridgehead atoms. The largest absolute Gasteiger partial charge is 0.494 e. The molecule has 1 aliphatic rings. The lowest BCUT2D eigenvalue weighted by Crippen LogP contribution is -2.30. The van der Waals surface area contributed by atoms with Gasteiger partial charge in [-0.25, -0.2) is 9.37 Å². The van der Waals surface area contributed by atoms with Crippen molar-refractivity contribution in [3.8, 4) is 5.75 Å². The maximum absolute atomic E-state index is 13.9. The first-order valence-electron chi connectivity index (χ1n) is 10.4. The molecule has 0 aliphatic carbocycles. The van der Waals surface area contributed by atoms with Crippen molar-refractivity contribution in [2.24, 2.45) is 0 Å². The average Bonchev–Trinajstić information content (AvgIpc) is 3.11. The Bertz CT molecular complexity index is 1420. The van der Waals surface area contributed by atoms with Crippen LogP contribution in [0.15, 0.2) is 70.0 Å². The molecule has 6 nitrogen and oxygen atoms in total. The van der Waals surface area contributed by atoms with Gasteiger partial charge in [0.15, 0.2) is 5.43 Å². The van der Waals surface area contributed by atoms with Crippen molar-refractivity contribution < 1.29 is 18.3 Å². The minimum atomic E-state index is -0.815. The van der Waals surface area contributed by atoms with Gasteiger partial charge >= 0.3 is 0 Å². The molecular weight excluding hydrogens is 447 g/mol. The molecule has 0 saturated carbocycles. The molecule has 8 heteroatoms. The highest BCUT2D eigenvalue weighted by Crippen LogP contribution is 2.41. The third kappa shape index (κ3) is 3.64. The summed E-state index contributed by atoms with van der Waals surface area (Å²) in [4.78, 5) is 32.6. The van der Waals surface area contributed by atoms with Crippen LogP contribution in [0.4, 0.5) is 10.2 Å². The second kappa shape index (κ2) is 8.33. The van der Waals surface area contributed by atoms with Crippen LogP contribution in [0, 0.1) is 5.82 Å². The van der Waals surface area contributed by atoms with E-state index >= 15 is 0 Å². The summed E-state index contributed by atoms with van der Waals surface area (Å²) in [6.45, 7) is 2.59. The molecule has 0 fully saturated rings. The molecule has 166 valence electrons. The van der Waals surface area contributed by atoms with Crippen LogP contribution in [0.1, 0.15) is 41.1 Å². The van der Waals surface area contributed by atoms with E-state index in [-0.39, 0.29) is 22.3 Å². The zero-order valence-corrected chi connectivity index (χ0v) is 18.3. The number of ether oxygens (including phenoxy) is 1. The summed E-state index contributed by atoms with van der Waals surface area (Å²) in [6.07, 6.45) is 2.29. The summed E-state index contributed by atoms with van der Waals surface area (Å²) in [5.41, 5.74) is 0.469. The molecule has 4 aromatic rings. The number of hydrogen-bond donors (Lipinski definition) is 0. The first kappa shape index (κ1) is 21.2. The highest BCUT2D eigenvalue weighted by molar-refractivity contribution is 6.30. The first-order valence-corrected chi connectivity index (χ1v) is 10.8. The number of aromatic nitrogens is 1. The maximum atomic E-state index is 13.9. The van der Waals surface area contributed by atoms with Crippen LogP contribution in [0.5, 0.6) is 5.75 Å². The van der Waals surface area contributed by atoms with E-state index in [1.54, 1.807) is 36.4 Å². The lowest BCUT2D eigenvalue weighted by atomic mass is 9.98. The fourth-order valence-corrected chi connectivity index (χ4v) is 4.09. The number of benzene rings is 2. The van der Waals surface area contributed by atoms with Crippen molar-refractivity contribution in [3.05, 3.63) is 98.7 Å². The number of fused-ring (bicyclic) bond motifs is 2. The maximum Gasteiger partial charge on any atom is 0.296 e. The van der Waals surface area contributed by atoms with Gasteiger partial charge in [-0.15, -0.1) is 0 Å². The van der Waals surface area contributed by atoms with Gasteiger partial charge in [0.05, 0.1) is 28.6 Å². The van der Waals surface area contributed by atoms with Gasteiger partial charge in [0.1, 0.15) is 23.0 Å². The first-order chi connectivity index (χ1) is 16.0. The zero-order chi connectivity index (χ0) is 23.1. The Morgan fingerprint density at radius 3 is 2.61 bits per heavy atom. The predicted molar refractivity (Wildman–Crippen MR) is 123 cm³/mol. The Morgan fingerprint density at radius 1 is 1.12 bits per heavy atom. The molecule has 1 amide bonds. The van der Waals surface area contributed by atoms with E-state index in [1.165, 1.54) is 23.2 Å². The van der Waals surface area contributed by atoms with E-state index in [2.05, 4.69) is 4.98 Å². The van der Waals surface area contributed by atoms with Crippen LogP contribution in [0.3, 0.4) is 0 Å². The van der Waals surface area contributed by atoms with Crippen molar-refractivity contribution in [3.63, 3.8) is 0 Å². The van der Waals surface area contributed by atoms with Crippen LogP contribution in [-0.2, 0) is 0 Å². The number of carbonyl (C=O) groups is 1. The van der Waals surface area contributed by atoms with E-state index in [0.717, 1.165) is 12.5 Å². The Hall–Kier alpha value is -3.71. The van der Waals surface area contributed by atoms with Gasteiger partial charge in [-0.05, 0) is 54.4 Å². The number of rotatable bonds is 5. The molecule has 2 aromatic carbocycles. The Morgan fingerprint density at radius 2 is 1.91 bits per heavy atom. The molecular formula is C25H18ClFN2O4. The number of pyridine rings is 1. The second-order valence-corrected chi connectivity index (χ2v) is 8.08. The predicted octanol–water partition coefficient (Wildman–Crippen LogP) is 5.52. The summed E-state index contributed by atoms with van der Waals surface area (Å²) >= 11 is 5.98. The molecule has 1 unspecified atom stereocenters. The van der Waals surface area contributed by atoms with E-state index < -0.39 is 23.2 Å². The van der Waals surface area contributed by atoms with Gasteiger partial charge in [-0.2, -0.15) is 0 Å². The van der Waals surface area contributed by atoms with Crippen LogP contribution in [-0.4, -0.2) is 17.5 Å². The number of anilines is 1. The van der Waals surface area contributed by atoms with E-state index in [9.17, 15) is 14.0 Å². The number of nitrogens with zero attached hydrogens (tertiary/aromatic N) is 2. The van der Waals surface area contributed by atoms with Gasteiger partial charge in [0, 0.05) is 6.20 Å². The summed E-state index contributed by atoms with van der Waals surface area (Å²) in [6, 6.07) is 13.2. The summed E-state index contributed by atoms with van der Waals surface area (Å²) in [5, 5.41) is 0.479. The monoisotopic (exact) mass is 464 g/mol. The third-order valence-electron chi connectivity index (χ3n) is 5.46. The van der Waals surface area contributed by atoms with Crippen molar-refractivity contribution in [1.29, 1.82) is 0 Å². The number of carbonyl (C=O) groups excluding carboxylic acids is 1. The van der Waals surface area contributed by atoms with Gasteiger partial charge in [0.25, 0.3) is 5.91 Å². The second-order valence-electron chi connectivity index (χ2n) is 7.64. The zero-order valence-electron chi connectivity index (χ0n) is 17.5. The Labute approximate surface area is 193 Å². The fourth-order valence-electron chi connectivity index (χ4n) is 3.97. The molecule has 1 atom stereocenters. The highest BCUT2D eigenvalue weighted by Gasteiger charge is 2.44. The average molecular weight is 465 g/mol. The molecule has 1 aliphatic heterocycles. The minimum absolute atomic E-state index is 0.0698. The van der Waals surface area contributed by atoms with Crippen molar-refractivity contribution in [2.45, 2.75) is 19.4 Å². The van der Waals surface area contributed by atoms with Crippen LogP contribution in [0.2, 0.25) is 5.02 Å². The molecule has 2 aromatic heterocycles. The number of hydrogen-bond acceptors (Lipinski definition) is 5. The normalized spacial score (nSPS) is 15.2. The van der Waals surface area contributed by atoms with Crippen molar-refractivity contribution in [2.75, 3.05) is 11.5 Å². The molecule has 0 radical (unpaired) electrons. The third-order valence-corrected chi connectivity index (χ3v) is 5.68. The van der Waals surface area contributed by atoms with Gasteiger partial charge in [-0.3, -0.25) is 14.5 Å². The summed E-state index contributed by atoms with van der Waals surface area (Å²) in [7, 11) is 0. The molecule has 3 heterocycles. The van der Waals surface area contributed by atoms with Gasteiger partial charge in [0.2, 0.25) is 5.76 Å². The summed E-state index contributed by atoms with van der Waals surface area (Å²) < 4.78 is 25.4. The Balaban J connectivity index is 1.72. The van der Waals surface area contributed by atoms with Crippen LogP contribution < -0.4 is 15.1 Å². The van der Waals surface area contributed by atoms with Crippen molar-refractivity contribution in [1.82, 2.24) is 4.98 Å². The molecule has 0 spiro atoms. The highest BCUT2D eigenvalue weighted by atomic mass is 35.5. The molecule has 0 N–H and O–H groups in total. The molecule has 0 saturated heterocycles. The number of amides is 1. The number of halogens is 2. The van der Waals surface area contributed by atoms with Gasteiger partial charge in [-0.1, -0.05) is 30.7 Å². The molecule has 33 heavy (non-hydrogen) atoms. The quantitative estimate of drug-likeness (QED) is 0.389.